The molecule has 0 atom stereocenters. The highest BCUT2D eigenvalue weighted by atomic mass is 19.3. The number of ether oxygens (including phenoxy) is 1. The fraction of sp³-hybridized carbons (Fsp3) is 0.143. The van der Waals surface area contributed by atoms with Crippen LogP contribution in [0, 0.1) is 18.3 Å². The Balaban J connectivity index is 2.23. The van der Waals surface area contributed by atoms with E-state index in [1.54, 1.807) is 37.3 Å². The maximum atomic E-state index is 12.3. The number of rotatable bonds is 4. The van der Waals surface area contributed by atoms with Gasteiger partial charge in [-0.3, -0.25) is 0 Å². The number of aryl methyl sites for hydroxylation is 1. The summed E-state index contributed by atoms with van der Waals surface area (Å²) in [5.41, 5.74) is 1.43. The molecule has 0 fully saturated rings. The smallest absolute Gasteiger partial charge is 0.387 e. The van der Waals surface area contributed by atoms with Gasteiger partial charge in [0.1, 0.15) is 23.3 Å². The maximum absolute atomic E-state index is 12.3. The molecule has 6 heteroatoms. The summed E-state index contributed by atoms with van der Waals surface area (Å²) in [6.45, 7) is -1.19. The van der Waals surface area contributed by atoms with Crippen LogP contribution in [-0.4, -0.2) is 11.6 Å². The molecular weight excluding hydrogens is 264 g/mol. The molecule has 1 heterocycles. The topological polar surface area (TPSA) is 57.9 Å². The molecule has 0 radical (unpaired) electrons. The highest BCUT2D eigenvalue weighted by Gasteiger charge is 2.08. The fourth-order valence-electron chi connectivity index (χ4n) is 1.62. The van der Waals surface area contributed by atoms with Crippen LogP contribution in [0.25, 0.3) is 0 Å². The summed E-state index contributed by atoms with van der Waals surface area (Å²) >= 11 is 0. The van der Waals surface area contributed by atoms with Gasteiger partial charge >= 0.3 is 6.61 Å². The van der Waals surface area contributed by atoms with E-state index in [-0.39, 0.29) is 11.4 Å². The molecule has 0 saturated carbocycles. The van der Waals surface area contributed by atoms with Gasteiger partial charge < -0.3 is 10.1 Å². The SMILES string of the molecule is Cc1ccc(Nc2cccc(C#N)n2)cc1OC(F)F. The van der Waals surface area contributed by atoms with Crippen molar-refractivity contribution in [2.24, 2.45) is 0 Å². The van der Waals surface area contributed by atoms with Crippen LogP contribution in [0.15, 0.2) is 36.4 Å². The van der Waals surface area contributed by atoms with Crippen molar-refractivity contribution in [2.75, 3.05) is 5.32 Å². The predicted molar refractivity (Wildman–Crippen MR) is 70.0 cm³/mol. The van der Waals surface area contributed by atoms with E-state index in [0.29, 0.717) is 17.1 Å². The Kier molecular flexibility index (Phi) is 4.11. The number of pyridine rings is 1. The molecule has 0 aliphatic rings. The molecule has 1 aromatic heterocycles. The normalized spacial score (nSPS) is 10.2. The number of nitriles is 1. The number of anilines is 2. The van der Waals surface area contributed by atoms with Crippen molar-refractivity contribution in [3.63, 3.8) is 0 Å². The first kappa shape index (κ1) is 13.7. The number of nitrogens with zero attached hydrogens (tertiary/aromatic N) is 2. The summed E-state index contributed by atoms with van der Waals surface area (Å²) in [6, 6.07) is 11.7. The van der Waals surface area contributed by atoms with E-state index in [1.165, 1.54) is 6.07 Å². The molecule has 0 amide bonds. The van der Waals surface area contributed by atoms with Gasteiger partial charge in [-0.15, -0.1) is 0 Å². The van der Waals surface area contributed by atoms with Gasteiger partial charge in [0, 0.05) is 11.8 Å². The summed E-state index contributed by atoms with van der Waals surface area (Å²) in [7, 11) is 0. The van der Waals surface area contributed by atoms with Gasteiger partial charge in [0.2, 0.25) is 0 Å². The lowest BCUT2D eigenvalue weighted by Gasteiger charge is -2.11. The molecule has 0 spiro atoms. The van der Waals surface area contributed by atoms with Crippen molar-refractivity contribution in [3.05, 3.63) is 47.7 Å². The van der Waals surface area contributed by atoms with Gasteiger partial charge in [0.15, 0.2) is 0 Å². The number of aromatic nitrogens is 1. The summed E-state index contributed by atoms with van der Waals surface area (Å²) in [5, 5.41) is 11.7. The first-order valence-corrected chi connectivity index (χ1v) is 5.78. The van der Waals surface area contributed by atoms with E-state index in [4.69, 9.17) is 5.26 Å². The highest BCUT2D eigenvalue weighted by Crippen LogP contribution is 2.26. The fourth-order valence-corrected chi connectivity index (χ4v) is 1.62. The Morgan fingerprint density at radius 1 is 1.30 bits per heavy atom. The molecule has 1 N–H and O–H groups in total. The quantitative estimate of drug-likeness (QED) is 0.926. The van der Waals surface area contributed by atoms with E-state index in [1.807, 2.05) is 6.07 Å². The Morgan fingerprint density at radius 2 is 2.10 bits per heavy atom. The standard InChI is InChI=1S/C14H11F2N3O/c1-9-5-6-10(7-12(9)20-14(15)16)18-13-4-2-3-11(8-17)19-13/h2-7,14H,1H3,(H,18,19). The lowest BCUT2D eigenvalue weighted by Crippen LogP contribution is -2.04. The molecule has 0 bridgehead atoms. The van der Waals surface area contributed by atoms with Crippen LogP contribution in [0.1, 0.15) is 11.3 Å². The van der Waals surface area contributed by atoms with Crippen molar-refractivity contribution in [1.29, 1.82) is 5.26 Å². The Labute approximate surface area is 114 Å². The van der Waals surface area contributed by atoms with Gasteiger partial charge in [-0.1, -0.05) is 12.1 Å². The van der Waals surface area contributed by atoms with Gasteiger partial charge in [0.25, 0.3) is 0 Å². The van der Waals surface area contributed by atoms with Crippen molar-refractivity contribution in [2.45, 2.75) is 13.5 Å². The molecule has 2 aromatic rings. The molecule has 1 aromatic carbocycles. The molecule has 0 unspecified atom stereocenters. The average molecular weight is 275 g/mol. The lowest BCUT2D eigenvalue weighted by molar-refractivity contribution is -0.0502. The number of benzene rings is 1. The zero-order valence-electron chi connectivity index (χ0n) is 10.6. The molecule has 102 valence electrons. The van der Waals surface area contributed by atoms with E-state index in [2.05, 4.69) is 15.0 Å². The van der Waals surface area contributed by atoms with Crippen LogP contribution in [0.4, 0.5) is 20.3 Å². The summed E-state index contributed by atoms with van der Waals surface area (Å²) in [4.78, 5) is 4.04. The molecule has 4 nitrogen and oxygen atoms in total. The highest BCUT2D eigenvalue weighted by molar-refractivity contribution is 5.60. The Bertz CT molecular complexity index is 653. The maximum Gasteiger partial charge on any atom is 0.387 e. The molecule has 0 aliphatic carbocycles. The van der Waals surface area contributed by atoms with Gasteiger partial charge in [-0.2, -0.15) is 14.0 Å². The summed E-state index contributed by atoms with van der Waals surface area (Å²) in [6.07, 6.45) is 0. The van der Waals surface area contributed by atoms with Gasteiger partial charge in [0.05, 0.1) is 0 Å². The number of hydrogen-bond donors (Lipinski definition) is 1. The minimum absolute atomic E-state index is 0.0986. The second kappa shape index (κ2) is 5.97. The van der Waals surface area contributed by atoms with Crippen molar-refractivity contribution in [1.82, 2.24) is 4.98 Å². The lowest BCUT2D eigenvalue weighted by atomic mass is 10.2. The third-order valence-electron chi connectivity index (χ3n) is 2.54. The molecular formula is C14H11F2N3O. The number of hydrogen-bond acceptors (Lipinski definition) is 4. The van der Waals surface area contributed by atoms with Gasteiger partial charge in [-0.05, 0) is 30.7 Å². The van der Waals surface area contributed by atoms with E-state index in [9.17, 15) is 8.78 Å². The number of halogens is 2. The van der Waals surface area contributed by atoms with Crippen molar-refractivity contribution in [3.8, 4) is 11.8 Å². The van der Waals surface area contributed by atoms with E-state index >= 15 is 0 Å². The summed E-state index contributed by atoms with van der Waals surface area (Å²) in [5.74, 6) is 0.553. The largest absolute Gasteiger partial charge is 0.434 e. The van der Waals surface area contributed by atoms with Crippen LogP contribution in [0.2, 0.25) is 0 Å². The average Bonchev–Trinajstić information content (AvgIpc) is 2.42. The zero-order valence-corrected chi connectivity index (χ0v) is 10.6. The molecule has 0 saturated heterocycles. The molecule has 2 rings (SSSR count). The third kappa shape index (κ3) is 3.42. The minimum Gasteiger partial charge on any atom is -0.434 e. The Morgan fingerprint density at radius 3 is 2.80 bits per heavy atom. The van der Waals surface area contributed by atoms with Gasteiger partial charge in [-0.25, -0.2) is 4.98 Å². The van der Waals surface area contributed by atoms with Crippen LogP contribution in [0.5, 0.6) is 5.75 Å². The van der Waals surface area contributed by atoms with E-state index in [0.717, 1.165) is 0 Å². The van der Waals surface area contributed by atoms with Crippen molar-refractivity contribution >= 4 is 11.5 Å². The number of nitrogens with one attached hydrogen (secondary N) is 1. The van der Waals surface area contributed by atoms with Crippen LogP contribution >= 0.6 is 0 Å². The number of alkyl halides is 2. The summed E-state index contributed by atoms with van der Waals surface area (Å²) < 4.78 is 29.0. The minimum atomic E-state index is -2.87. The van der Waals surface area contributed by atoms with Crippen LogP contribution in [0.3, 0.4) is 0 Å². The van der Waals surface area contributed by atoms with Crippen LogP contribution in [-0.2, 0) is 0 Å². The molecule has 0 aliphatic heterocycles. The van der Waals surface area contributed by atoms with Crippen molar-refractivity contribution < 1.29 is 13.5 Å². The third-order valence-corrected chi connectivity index (χ3v) is 2.54. The first-order chi connectivity index (χ1) is 9.58. The second-order valence-corrected chi connectivity index (χ2v) is 4.00. The zero-order chi connectivity index (χ0) is 14.5. The Hall–Kier alpha value is -2.68. The van der Waals surface area contributed by atoms with E-state index < -0.39 is 6.61 Å². The van der Waals surface area contributed by atoms with Crippen LogP contribution < -0.4 is 10.1 Å². The predicted octanol–water partition coefficient (Wildman–Crippen LogP) is 3.61. The monoisotopic (exact) mass is 275 g/mol. The first-order valence-electron chi connectivity index (χ1n) is 5.78. The molecule has 20 heavy (non-hydrogen) atoms. The second-order valence-electron chi connectivity index (χ2n) is 4.00.